The van der Waals surface area contributed by atoms with Gasteiger partial charge in [0.2, 0.25) is 5.91 Å². The smallest absolute Gasteiger partial charge is 0.304 e. The van der Waals surface area contributed by atoms with Crippen LogP contribution in [0.25, 0.3) is 0 Å². The normalized spacial score (nSPS) is 23.9. The van der Waals surface area contributed by atoms with Crippen molar-refractivity contribution in [1.29, 1.82) is 0 Å². The largest absolute Gasteiger partial charge is 0.481 e. The average molecular weight is 490 g/mol. The molecule has 176 valence electrons. The number of carboxylic acids is 1. The second-order valence-corrected chi connectivity index (χ2v) is 10.0. The van der Waals surface area contributed by atoms with Crippen molar-refractivity contribution in [2.75, 3.05) is 0 Å². The molecule has 0 spiro atoms. The van der Waals surface area contributed by atoms with E-state index in [2.05, 4.69) is 0 Å². The van der Waals surface area contributed by atoms with Crippen LogP contribution in [-0.2, 0) is 14.4 Å². The topological polar surface area (TPSA) is 74.7 Å². The Morgan fingerprint density at radius 3 is 2.33 bits per heavy atom. The van der Waals surface area contributed by atoms with Crippen molar-refractivity contribution in [2.24, 2.45) is 5.41 Å². The maximum Gasteiger partial charge on any atom is 0.304 e. The van der Waals surface area contributed by atoms with Crippen LogP contribution in [0.1, 0.15) is 69.5 Å². The minimum absolute atomic E-state index is 0.0191. The van der Waals surface area contributed by atoms with Crippen LogP contribution in [0.3, 0.4) is 0 Å². The third-order valence-electron chi connectivity index (χ3n) is 6.52. The van der Waals surface area contributed by atoms with Crippen molar-refractivity contribution in [3.63, 3.8) is 0 Å². The SMILES string of the molecule is CCC(CC(C)=O)N1C(=O)C(C)(CC(=O)O)CC(c2cccc(Cl)c2)C1c1ccc(Cl)cc1. The number of nitrogens with zero attached hydrogens (tertiary/aromatic N) is 1. The van der Waals surface area contributed by atoms with Gasteiger partial charge in [-0.15, -0.1) is 0 Å². The summed E-state index contributed by atoms with van der Waals surface area (Å²) in [6.07, 6.45) is 0.834. The molecule has 4 atom stereocenters. The fourth-order valence-electron chi connectivity index (χ4n) is 5.05. The Morgan fingerprint density at radius 2 is 1.79 bits per heavy atom. The molecule has 1 N–H and O–H groups in total. The van der Waals surface area contributed by atoms with E-state index in [4.69, 9.17) is 23.2 Å². The van der Waals surface area contributed by atoms with Crippen LogP contribution in [0, 0.1) is 5.41 Å². The second-order valence-electron chi connectivity index (χ2n) is 9.17. The highest BCUT2D eigenvalue weighted by Crippen LogP contribution is 2.52. The van der Waals surface area contributed by atoms with Crippen molar-refractivity contribution in [2.45, 2.75) is 64.5 Å². The van der Waals surface area contributed by atoms with Gasteiger partial charge in [-0.1, -0.05) is 61.3 Å². The number of amides is 1. The lowest BCUT2D eigenvalue weighted by Crippen LogP contribution is -2.56. The number of hydrogen-bond acceptors (Lipinski definition) is 3. The van der Waals surface area contributed by atoms with Crippen LogP contribution in [0.4, 0.5) is 0 Å². The third-order valence-corrected chi connectivity index (χ3v) is 7.01. The molecule has 1 heterocycles. The van der Waals surface area contributed by atoms with Gasteiger partial charge in [0, 0.05) is 28.4 Å². The summed E-state index contributed by atoms with van der Waals surface area (Å²) in [4.78, 5) is 39.6. The highest BCUT2D eigenvalue weighted by atomic mass is 35.5. The number of benzene rings is 2. The predicted molar refractivity (Wildman–Crippen MR) is 130 cm³/mol. The number of carbonyl (C=O) groups is 3. The van der Waals surface area contributed by atoms with Gasteiger partial charge >= 0.3 is 5.97 Å². The number of Topliss-reactive ketones (excluding diaryl/α,β-unsaturated/α-hetero) is 1. The van der Waals surface area contributed by atoms with E-state index in [0.29, 0.717) is 22.9 Å². The Balaban J connectivity index is 2.24. The minimum atomic E-state index is -1.12. The lowest BCUT2D eigenvalue weighted by atomic mass is 9.67. The van der Waals surface area contributed by atoms with Crippen LogP contribution in [0.5, 0.6) is 0 Å². The number of carboxylic acid groups (broad SMARTS) is 1. The van der Waals surface area contributed by atoms with Gasteiger partial charge in [-0.05, 0) is 55.2 Å². The Kier molecular flexibility index (Phi) is 7.86. The van der Waals surface area contributed by atoms with Crippen molar-refractivity contribution in [3.05, 3.63) is 69.7 Å². The van der Waals surface area contributed by atoms with E-state index in [0.717, 1.165) is 11.1 Å². The molecule has 1 amide bonds. The molecular formula is C26H29Cl2NO4. The summed E-state index contributed by atoms with van der Waals surface area (Å²) in [6.45, 7) is 5.17. The van der Waals surface area contributed by atoms with Crippen LogP contribution in [-0.4, -0.2) is 33.7 Å². The van der Waals surface area contributed by atoms with Gasteiger partial charge in [-0.2, -0.15) is 0 Å². The first kappa shape index (κ1) is 25.3. The summed E-state index contributed by atoms with van der Waals surface area (Å²) in [7, 11) is 0. The monoisotopic (exact) mass is 489 g/mol. The van der Waals surface area contributed by atoms with E-state index in [1.54, 1.807) is 30.0 Å². The van der Waals surface area contributed by atoms with E-state index in [9.17, 15) is 19.5 Å². The summed E-state index contributed by atoms with van der Waals surface area (Å²) in [6, 6.07) is 14.1. The van der Waals surface area contributed by atoms with E-state index in [-0.39, 0.29) is 42.5 Å². The maximum atomic E-state index is 14.0. The van der Waals surface area contributed by atoms with Crippen LogP contribution in [0.15, 0.2) is 48.5 Å². The van der Waals surface area contributed by atoms with Crippen molar-refractivity contribution in [1.82, 2.24) is 4.90 Å². The van der Waals surface area contributed by atoms with Gasteiger partial charge in [-0.25, -0.2) is 0 Å². The lowest BCUT2D eigenvalue weighted by Gasteiger charge is -2.51. The molecule has 2 aromatic rings. The maximum absolute atomic E-state index is 14.0. The number of piperidine rings is 1. The lowest BCUT2D eigenvalue weighted by molar-refractivity contribution is -0.161. The minimum Gasteiger partial charge on any atom is -0.481 e. The molecular weight excluding hydrogens is 461 g/mol. The molecule has 33 heavy (non-hydrogen) atoms. The Labute approximate surface area is 204 Å². The first-order valence-electron chi connectivity index (χ1n) is 11.1. The number of carbonyl (C=O) groups excluding carboxylic acids is 2. The number of halogens is 2. The first-order valence-corrected chi connectivity index (χ1v) is 11.9. The molecule has 3 rings (SSSR count). The molecule has 2 aromatic carbocycles. The fourth-order valence-corrected chi connectivity index (χ4v) is 5.38. The van der Waals surface area contributed by atoms with Crippen LogP contribution in [0.2, 0.25) is 10.0 Å². The standard InChI is InChI=1S/C26H29Cl2NO4/c1-4-21(12-16(2)30)29-24(17-8-10-19(27)11-9-17)22(18-6-5-7-20(28)13-18)14-26(3,25(29)33)15-23(31)32/h5-11,13,21-22,24H,4,12,14-15H2,1-3H3,(H,31,32). The summed E-state index contributed by atoms with van der Waals surface area (Å²) in [5, 5.41) is 10.8. The summed E-state index contributed by atoms with van der Waals surface area (Å²) < 4.78 is 0. The molecule has 1 fully saturated rings. The molecule has 0 bridgehead atoms. The molecule has 1 aliphatic rings. The molecule has 4 unspecified atom stereocenters. The zero-order chi connectivity index (χ0) is 24.3. The number of hydrogen-bond donors (Lipinski definition) is 1. The number of ketones is 1. The predicted octanol–water partition coefficient (Wildman–Crippen LogP) is 6.29. The molecule has 7 heteroatoms. The van der Waals surface area contributed by atoms with Gasteiger partial charge in [0.05, 0.1) is 17.9 Å². The Morgan fingerprint density at radius 1 is 1.12 bits per heavy atom. The van der Waals surface area contributed by atoms with Crippen molar-refractivity contribution in [3.8, 4) is 0 Å². The number of likely N-dealkylation sites (tertiary alicyclic amines) is 1. The third kappa shape index (κ3) is 5.59. The van der Waals surface area contributed by atoms with Gasteiger partial charge < -0.3 is 10.0 Å². The fraction of sp³-hybridized carbons (Fsp3) is 0.423. The second kappa shape index (κ2) is 10.3. The van der Waals surface area contributed by atoms with Crippen molar-refractivity contribution < 1.29 is 19.5 Å². The molecule has 1 saturated heterocycles. The van der Waals surface area contributed by atoms with E-state index in [1.807, 2.05) is 37.3 Å². The average Bonchev–Trinajstić information content (AvgIpc) is 2.74. The number of rotatable bonds is 8. The first-order chi connectivity index (χ1) is 15.6. The zero-order valence-corrected chi connectivity index (χ0v) is 20.6. The van der Waals surface area contributed by atoms with Crippen LogP contribution < -0.4 is 0 Å². The van der Waals surface area contributed by atoms with Crippen molar-refractivity contribution >= 4 is 40.9 Å². The highest BCUT2D eigenvalue weighted by molar-refractivity contribution is 6.30. The van der Waals surface area contributed by atoms with Crippen LogP contribution >= 0.6 is 23.2 Å². The van der Waals surface area contributed by atoms with E-state index in [1.165, 1.54) is 6.92 Å². The Hall–Kier alpha value is -2.37. The molecule has 0 saturated carbocycles. The molecule has 0 radical (unpaired) electrons. The van der Waals surface area contributed by atoms with Gasteiger partial charge in [0.15, 0.2) is 0 Å². The molecule has 5 nitrogen and oxygen atoms in total. The number of aliphatic carboxylic acids is 1. The molecule has 1 aliphatic heterocycles. The quantitative estimate of drug-likeness (QED) is 0.472. The molecule has 0 aliphatic carbocycles. The van der Waals surface area contributed by atoms with E-state index < -0.39 is 11.4 Å². The zero-order valence-electron chi connectivity index (χ0n) is 19.1. The summed E-state index contributed by atoms with van der Waals surface area (Å²) in [5.74, 6) is -1.50. The van der Waals surface area contributed by atoms with Gasteiger partial charge in [0.1, 0.15) is 5.78 Å². The molecule has 0 aromatic heterocycles. The Bertz CT molecular complexity index is 1040. The highest BCUT2D eigenvalue weighted by Gasteiger charge is 2.52. The van der Waals surface area contributed by atoms with Gasteiger partial charge in [-0.3, -0.25) is 14.4 Å². The summed E-state index contributed by atoms with van der Waals surface area (Å²) in [5.41, 5.74) is 0.692. The summed E-state index contributed by atoms with van der Waals surface area (Å²) >= 11 is 12.5. The van der Waals surface area contributed by atoms with E-state index >= 15 is 0 Å². The van der Waals surface area contributed by atoms with Gasteiger partial charge in [0.25, 0.3) is 0 Å².